The normalized spacial score (nSPS) is 17.5. The van der Waals surface area contributed by atoms with Gasteiger partial charge in [0.05, 0.1) is 0 Å². The van der Waals surface area contributed by atoms with Crippen LogP contribution in [0.2, 0.25) is 0 Å². The predicted molar refractivity (Wildman–Crippen MR) is 228 cm³/mol. The van der Waals surface area contributed by atoms with E-state index in [1.807, 2.05) is 97.6 Å². The van der Waals surface area contributed by atoms with E-state index < -0.39 is 25.7 Å². The molecular formula is C45H51N8O4P. The van der Waals surface area contributed by atoms with Crippen molar-refractivity contribution in [2.45, 2.75) is 76.5 Å². The number of ether oxygens (including phenoxy) is 1. The molecular weight excluding hydrogens is 748 g/mol. The molecule has 6 aromatic rings. The minimum absolute atomic E-state index is 0.0167. The van der Waals surface area contributed by atoms with E-state index in [0.717, 1.165) is 16.7 Å². The molecule has 300 valence electrons. The van der Waals surface area contributed by atoms with Crippen LogP contribution in [0, 0.1) is 11.3 Å². The van der Waals surface area contributed by atoms with E-state index in [4.69, 9.17) is 9.26 Å². The van der Waals surface area contributed by atoms with Crippen LogP contribution in [0.3, 0.4) is 0 Å². The topological polar surface area (TPSA) is 150 Å². The maximum atomic E-state index is 13.1. The summed E-state index contributed by atoms with van der Waals surface area (Å²) in [4.78, 5) is 39.2. The minimum atomic E-state index is -3.63. The Balaban J connectivity index is 1.30. The van der Waals surface area contributed by atoms with Gasteiger partial charge in [-0.05, 0) is 12.1 Å². The number of carbonyl (C=O) groups excluding carboxylic acids is 1. The third-order valence-electron chi connectivity index (χ3n) is 10.8. The van der Waals surface area contributed by atoms with Gasteiger partial charge in [0, 0.05) is 0 Å². The molecule has 1 aliphatic heterocycles. The van der Waals surface area contributed by atoms with Crippen molar-refractivity contribution in [2.24, 2.45) is 0 Å². The van der Waals surface area contributed by atoms with Crippen molar-refractivity contribution >= 4 is 30.8 Å². The van der Waals surface area contributed by atoms with Gasteiger partial charge in [-0.15, -0.1) is 0 Å². The number of aromatic nitrogens is 4. The van der Waals surface area contributed by atoms with E-state index in [2.05, 4.69) is 68.1 Å². The average molecular weight is 799 g/mol. The Kier molecular flexibility index (Phi) is 12.7. The second-order valence-corrected chi connectivity index (χ2v) is 17.9. The van der Waals surface area contributed by atoms with E-state index in [-0.39, 0.29) is 49.0 Å². The third kappa shape index (κ3) is 8.43. The van der Waals surface area contributed by atoms with Gasteiger partial charge in [0.25, 0.3) is 0 Å². The number of nitrogens with zero attached hydrogens (tertiary/aromatic N) is 6. The molecule has 58 heavy (non-hydrogen) atoms. The summed E-state index contributed by atoms with van der Waals surface area (Å²) in [5, 5.41) is 16.6. The molecule has 7 rings (SSSR count). The van der Waals surface area contributed by atoms with E-state index in [9.17, 15) is 14.9 Å². The summed E-state index contributed by atoms with van der Waals surface area (Å²) < 4.78 is 17.6. The summed E-state index contributed by atoms with van der Waals surface area (Å²) >= 11 is 0. The van der Waals surface area contributed by atoms with Gasteiger partial charge in [-0.1, -0.05) is 18.2 Å². The molecule has 0 spiro atoms. The van der Waals surface area contributed by atoms with Crippen LogP contribution in [0.1, 0.15) is 73.8 Å². The molecule has 0 unspecified atom stereocenters. The molecule has 3 atom stereocenters. The van der Waals surface area contributed by atoms with Crippen molar-refractivity contribution in [3.05, 3.63) is 156 Å². The van der Waals surface area contributed by atoms with Crippen LogP contribution in [-0.2, 0) is 14.8 Å². The van der Waals surface area contributed by atoms with Crippen LogP contribution >= 0.6 is 7.87 Å². The molecule has 12 nitrogen and oxygen atoms in total. The van der Waals surface area contributed by atoms with Crippen molar-refractivity contribution in [3.63, 3.8) is 0 Å². The molecule has 0 saturated carbocycles. The number of anilines is 1. The second-order valence-electron chi connectivity index (χ2n) is 15.1. The number of rotatable bonds is 16. The first kappa shape index (κ1) is 40.8. The Morgan fingerprint density at radius 1 is 0.897 bits per heavy atom. The number of nitriles is 1. The molecule has 3 heterocycles. The Morgan fingerprint density at radius 2 is 1.45 bits per heavy atom. The van der Waals surface area contributed by atoms with Crippen molar-refractivity contribution in [2.75, 3.05) is 18.1 Å². The molecule has 2 aromatic heterocycles. The SMILES string of the molecule is CC(C)N(C(C)C)[PH](O)(CCC#N)OC[C@H]1O[C@@H](n2cnc3c(NC(=O)c4ccccc4)ncnc32)C[C@@H]1NC(c1ccccc1)(c1ccccc1)c1ccccc1. The van der Waals surface area contributed by atoms with Crippen molar-refractivity contribution in [1.82, 2.24) is 29.5 Å². The van der Waals surface area contributed by atoms with Gasteiger partial charge < -0.3 is 0 Å². The Morgan fingerprint density at radius 3 is 1.98 bits per heavy atom. The second kappa shape index (κ2) is 18.0. The first-order chi connectivity index (χ1) is 28.1. The summed E-state index contributed by atoms with van der Waals surface area (Å²) in [7, 11) is -3.63. The number of fused-ring (bicyclic) bond motifs is 1. The van der Waals surface area contributed by atoms with Gasteiger partial charge in [-0.3, -0.25) is 0 Å². The zero-order chi connectivity index (χ0) is 40.7. The number of carbonyl (C=O) groups is 1. The molecule has 3 N–H and O–H groups in total. The van der Waals surface area contributed by atoms with Crippen LogP contribution < -0.4 is 10.6 Å². The molecule has 0 bridgehead atoms. The number of benzene rings is 4. The molecule has 1 amide bonds. The van der Waals surface area contributed by atoms with Crippen molar-refractivity contribution < 1.29 is 18.9 Å². The fraction of sp³-hybridized carbons (Fsp3) is 0.311. The van der Waals surface area contributed by atoms with Crippen molar-refractivity contribution in [1.29, 1.82) is 5.26 Å². The van der Waals surface area contributed by atoms with Gasteiger partial charge in [-0.2, -0.15) is 0 Å². The summed E-state index contributed by atoms with van der Waals surface area (Å²) in [5.74, 6) is -0.0184. The average Bonchev–Trinajstić information content (AvgIpc) is 3.87. The van der Waals surface area contributed by atoms with Crippen LogP contribution in [-0.4, -0.2) is 72.0 Å². The molecule has 4 aromatic carbocycles. The van der Waals surface area contributed by atoms with Crippen LogP contribution in [0.5, 0.6) is 0 Å². The first-order valence-electron chi connectivity index (χ1n) is 19.8. The van der Waals surface area contributed by atoms with Crippen LogP contribution in [0.25, 0.3) is 11.2 Å². The van der Waals surface area contributed by atoms with Crippen molar-refractivity contribution in [3.8, 4) is 6.07 Å². The molecule has 1 saturated heterocycles. The van der Waals surface area contributed by atoms with E-state index in [1.165, 1.54) is 6.33 Å². The van der Waals surface area contributed by atoms with E-state index in [0.29, 0.717) is 23.1 Å². The van der Waals surface area contributed by atoms with Gasteiger partial charge in [0.1, 0.15) is 0 Å². The zero-order valence-electron chi connectivity index (χ0n) is 33.3. The molecule has 1 fully saturated rings. The molecule has 1 aliphatic rings. The Hall–Kier alpha value is -5.38. The van der Waals surface area contributed by atoms with E-state index >= 15 is 0 Å². The fourth-order valence-electron chi connectivity index (χ4n) is 8.34. The van der Waals surface area contributed by atoms with E-state index in [1.54, 1.807) is 30.6 Å². The van der Waals surface area contributed by atoms with Crippen LogP contribution in [0.15, 0.2) is 134 Å². The molecule has 13 heteroatoms. The Labute approximate surface area is 340 Å². The summed E-state index contributed by atoms with van der Waals surface area (Å²) in [6, 6.07) is 41.9. The number of amides is 1. The van der Waals surface area contributed by atoms with Gasteiger partial charge in [-0.25, -0.2) is 0 Å². The predicted octanol–water partition coefficient (Wildman–Crippen LogP) is 7.85. The number of nitrogens with one attached hydrogen (secondary N) is 2. The standard InChI is InChI=1S/C45H51N8O4P/c1-32(2)53(33(3)4)58(55,27-17-26-46)56-29-39-38(51-45(35-20-11-6-12-21-35,36-22-13-7-14-23-36)37-24-15-8-16-25-37)28-40(57-39)52-31-49-41-42(47-30-48-43(41)52)50-44(54)34-18-9-5-10-19-34/h5-16,18-25,30-33,38-40,51,55,58H,17,27-29H2,1-4H3,(H,47,48,50,54)/t38-,39+,40+/m0/s1. The third-order valence-corrected chi connectivity index (χ3v) is 14.1. The quantitative estimate of drug-likeness (QED) is 0.0653. The zero-order valence-corrected chi connectivity index (χ0v) is 34.3. The fourth-order valence-corrected chi connectivity index (χ4v) is 11.4. The number of imidazole rings is 1. The van der Waals surface area contributed by atoms with Gasteiger partial charge in [0.15, 0.2) is 0 Å². The maximum absolute atomic E-state index is 13.1. The van der Waals surface area contributed by atoms with Crippen LogP contribution in [0.4, 0.5) is 5.82 Å². The first-order valence-corrected chi connectivity index (χ1v) is 21.8. The molecule has 0 aliphatic carbocycles. The summed E-state index contributed by atoms with van der Waals surface area (Å²) in [6.45, 7) is 8.22. The monoisotopic (exact) mass is 798 g/mol. The Bertz CT molecular complexity index is 2200. The summed E-state index contributed by atoms with van der Waals surface area (Å²) in [6.07, 6.45) is 2.81. The summed E-state index contributed by atoms with van der Waals surface area (Å²) in [5.41, 5.74) is 3.72. The molecule has 0 radical (unpaired) electrons. The number of hydrogen-bond donors (Lipinski definition) is 3. The van der Waals surface area contributed by atoms with Gasteiger partial charge in [0.2, 0.25) is 0 Å². The number of hydrogen-bond acceptors (Lipinski definition) is 10. The van der Waals surface area contributed by atoms with Gasteiger partial charge >= 0.3 is 311 Å².